The Bertz CT molecular complexity index is 358. The number of hydrogen-bond acceptors (Lipinski definition) is 3. The second-order valence-electron chi connectivity index (χ2n) is 5.26. The normalized spacial score (nSPS) is 14.0. The van der Waals surface area contributed by atoms with Crippen LogP contribution in [0.2, 0.25) is 0 Å². The summed E-state index contributed by atoms with van der Waals surface area (Å²) in [6.45, 7) is 10.6. The quantitative estimate of drug-likeness (QED) is 0.798. The van der Waals surface area contributed by atoms with Gasteiger partial charge in [0, 0.05) is 24.7 Å². The number of rotatable bonds is 5. The number of nitrogens with one attached hydrogen (secondary N) is 2. The lowest BCUT2D eigenvalue weighted by Gasteiger charge is -2.24. The topological polar surface area (TPSA) is 24.1 Å². The fourth-order valence-corrected chi connectivity index (χ4v) is 4.14. The molecule has 0 radical (unpaired) electrons. The molecule has 5 heteroatoms. The summed E-state index contributed by atoms with van der Waals surface area (Å²) in [7, 11) is 0. The van der Waals surface area contributed by atoms with Crippen LogP contribution in [0.3, 0.4) is 0 Å². The monoisotopic (exact) mass is 382 g/mol. The molecule has 1 rings (SSSR count). The molecule has 0 aliphatic carbocycles. The third-order valence-corrected chi connectivity index (χ3v) is 4.77. The van der Waals surface area contributed by atoms with Crippen LogP contribution in [0.5, 0.6) is 0 Å². The summed E-state index contributed by atoms with van der Waals surface area (Å²) < 4.78 is 2.37. The smallest absolute Gasteiger partial charge is 0.0755 e. The van der Waals surface area contributed by atoms with Crippen LogP contribution >= 0.6 is 43.2 Å². The second kappa shape index (κ2) is 6.66. The van der Waals surface area contributed by atoms with Gasteiger partial charge in [0.25, 0.3) is 0 Å². The Kier molecular flexibility index (Phi) is 6.13. The van der Waals surface area contributed by atoms with Crippen LogP contribution < -0.4 is 10.6 Å². The van der Waals surface area contributed by atoms with Crippen molar-refractivity contribution in [1.82, 2.24) is 10.6 Å². The van der Waals surface area contributed by atoms with E-state index in [1.807, 2.05) is 0 Å². The summed E-state index contributed by atoms with van der Waals surface area (Å²) in [5.41, 5.74) is 1.49. The Morgan fingerprint density at radius 1 is 1.35 bits per heavy atom. The van der Waals surface area contributed by atoms with E-state index in [4.69, 9.17) is 0 Å². The van der Waals surface area contributed by atoms with Crippen molar-refractivity contribution in [2.45, 2.75) is 45.8 Å². The van der Waals surface area contributed by atoms with Crippen LogP contribution in [0.1, 0.15) is 33.3 Å². The standard InChI is InChI=1S/C12H20Br2N2S/c1-8(6-16-12(2,3)4)15-7-9-5-10(13)17-11(9)14/h5,8,15-16H,6-7H2,1-4H3. The van der Waals surface area contributed by atoms with Gasteiger partial charge >= 0.3 is 0 Å². The first-order valence-electron chi connectivity index (χ1n) is 5.70. The van der Waals surface area contributed by atoms with E-state index in [-0.39, 0.29) is 5.54 Å². The Labute approximate surface area is 125 Å². The van der Waals surface area contributed by atoms with Crippen LogP contribution in [0.25, 0.3) is 0 Å². The van der Waals surface area contributed by atoms with Gasteiger partial charge in [-0.1, -0.05) is 0 Å². The van der Waals surface area contributed by atoms with Crippen molar-refractivity contribution in [3.63, 3.8) is 0 Å². The molecule has 2 nitrogen and oxygen atoms in total. The fourth-order valence-electron chi connectivity index (χ4n) is 1.31. The van der Waals surface area contributed by atoms with Crippen LogP contribution in [0.15, 0.2) is 13.6 Å². The predicted octanol–water partition coefficient (Wildman–Crippen LogP) is 4.14. The Morgan fingerprint density at radius 3 is 2.47 bits per heavy atom. The molecule has 0 spiro atoms. The van der Waals surface area contributed by atoms with Crippen LogP contribution in [-0.4, -0.2) is 18.1 Å². The maximum atomic E-state index is 3.57. The molecule has 98 valence electrons. The molecule has 1 atom stereocenters. The van der Waals surface area contributed by atoms with Crippen molar-refractivity contribution in [2.75, 3.05) is 6.54 Å². The van der Waals surface area contributed by atoms with Crippen LogP contribution in [0.4, 0.5) is 0 Å². The first-order chi connectivity index (χ1) is 7.78. The molecule has 0 amide bonds. The van der Waals surface area contributed by atoms with Crippen molar-refractivity contribution >= 4 is 43.2 Å². The zero-order valence-corrected chi connectivity index (χ0v) is 14.7. The molecule has 0 saturated carbocycles. The third kappa shape index (κ3) is 6.34. The maximum Gasteiger partial charge on any atom is 0.0755 e. The van der Waals surface area contributed by atoms with Crippen LogP contribution in [0, 0.1) is 0 Å². The summed E-state index contributed by atoms with van der Waals surface area (Å²) in [4.78, 5) is 0. The first kappa shape index (κ1) is 15.6. The van der Waals surface area contributed by atoms with Gasteiger partial charge in [-0.05, 0) is 71.2 Å². The summed E-state index contributed by atoms with van der Waals surface area (Å²) in [6.07, 6.45) is 0. The van der Waals surface area contributed by atoms with Gasteiger partial charge in [0.1, 0.15) is 0 Å². The first-order valence-corrected chi connectivity index (χ1v) is 8.10. The lowest BCUT2D eigenvalue weighted by molar-refractivity contribution is 0.387. The molecule has 17 heavy (non-hydrogen) atoms. The fraction of sp³-hybridized carbons (Fsp3) is 0.667. The van der Waals surface area contributed by atoms with E-state index in [9.17, 15) is 0 Å². The predicted molar refractivity (Wildman–Crippen MR) is 83.8 cm³/mol. The SMILES string of the molecule is CC(CNC(C)(C)C)NCc1cc(Br)sc1Br. The van der Waals surface area contributed by atoms with E-state index < -0.39 is 0 Å². The zero-order valence-electron chi connectivity index (χ0n) is 10.7. The van der Waals surface area contributed by atoms with Crippen LogP contribution in [-0.2, 0) is 6.54 Å². The van der Waals surface area contributed by atoms with Gasteiger partial charge in [0.2, 0.25) is 0 Å². The third-order valence-electron chi connectivity index (χ3n) is 2.31. The lowest BCUT2D eigenvalue weighted by Crippen LogP contribution is -2.44. The molecule has 1 heterocycles. The van der Waals surface area contributed by atoms with E-state index in [2.05, 4.69) is 76.3 Å². The maximum absolute atomic E-state index is 3.57. The Morgan fingerprint density at radius 2 is 2.00 bits per heavy atom. The summed E-state index contributed by atoms with van der Waals surface area (Å²) in [6, 6.07) is 2.62. The minimum absolute atomic E-state index is 0.182. The van der Waals surface area contributed by atoms with Crippen molar-refractivity contribution in [1.29, 1.82) is 0 Å². The summed E-state index contributed by atoms with van der Waals surface area (Å²) in [5, 5.41) is 7.02. The van der Waals surface area contributed by atoms with E-state index in [1.54, 1.807) is 11.3 Å². The molecule has 1 aromatic rings. The van der Waals surface area contributed by atoms with Gasteiger partial charge in [-0.25, -0.2) is 0 Å². The number of thiophene rings is 1. The zero-order chi connectivity index (χ0) is 13.1. The van der Waals surface area contributed by atoms with Gasteiger partial charge < -0.3 is 10.6 Å². The van der Waals surface area contributed by atoms with Crippen molar-refractivity contribution < 1.29 is 0 Å². The lowest BCUT2D eigenvalue weighted by atomic mass is 10.1. The highest BCUT2D eigenvalue weighted by molar-refractivity contribution is 9.12. The highest BCUT2D eigenvalue weighted by Gasteiger charge is 2.11. The molecular weight excluding hydrogens is 364 g/mol. The van der Waals surface area contributed by atoms with E-state index in [1.165, 1.54) is 13.1 Å². The molecule has 0 aromatic carbocycles. The molecule has 0 saturated heterocycles. The molecule has 0 bridgehead atoms. The minimum Gasteiger partial charge on any atom is -0.311 e. The van der Waals surface area contributed by atoms with E-state index in [0.29, 0.717) is 6.04 Å². The molecule has 0 fully saturated rings. The summed E-state index contributed by atoms with van der Waals surface area (Å²) in [5.74, 6) is 0. The second-order valence-corrected chi connectivity index (χ2v) is 9.01. The van der Waals surface area contributed by atoms with Gasteiger partial charge in [0.15, 0.2) is 0 Å². The summed E-state index contributed by atoms with van der Waals surface area (Å²) >= 11 is 8.78. The Balaban J connectivity index is 2.33. The van der Waals surface area contributed by atoms with Crippen molar-refractivity contribution in [2.24, 2.45) is 0 Å². The van der Waals surface area contributed by atoms with Gasteiger partial charge in [0.05, 0.1) is 7.57 Å². The van der Waals surface area contributed by atoms with E-state index >= 15 is 0 Å². The van der Waals surface area contributed by atoms with Crippen molar-refractivity contribution in [3.8, 4) is 0 Å². The average molecular weight is 384 g/mol. The molecule has 2 N–H and O–H groups in total. The van der Waals surface area contributed by atoms with Crippen molar-refractivity contribution in [3.05, 3.63) is 19.2 Å². The number of halogens is 2. The number of hydrogen-bond donors (Lipinski definition) is 2. The molecule has 0 aliphatic rings. The van der Waals surface area contributed by atoms with Gasteiger partial charge in [-0.3, -0.25) is 0 Å². The van der Waals surface area contributed by atoms with E-state index in [0.717, 1.165) is 13.1 Å². The molecule has 0 aliphatic heterocycles. The van der Waals surface area contributed by atoms with Gasteiger partial charge in [-0.15, -0.1) is 11.3 Å². The highest BCUT2D eigenvalue weighted by Crippen LogP contribution is 2.31. The minimum atomic E-state index is 0.182. The average Bonchev–Trinajstić information content (AvgIpc) is 2.50. The Hall–Kier alpha value is 0.580. The molecule has 1 aromatic heterocycles. The van der Waals surface area contributed by atoms with Gasteiger partial charge in [-0.2, -0.15) is 0 Å². The largest absolute Gasteiger partial charge is 0.311 e. The molecular formula is C12H20Br2N2S. The molecule has 1 unspecified atom stereocenters. The highest BCUT2D eigenvalue weighted by atomic mass is 79.9.